The molecule has 0 radical (unpaired) electrons. The number of aromatic amines is 1. The summed E-state index contributed by atoms with van der Waals surface area (Å²) in [6.07, 6.45) is -2.15. The molecule has 2 aliphatic rings. The van der Waals surface area contributed by atoms with Gasteiger partial charge in [-0.3, -0.25) is 13.9 Å². The first-order valence-electron chi connectivity index (χ1n) is 11.4. The number of hydrogen-bond donors (Lipinski definition) is 3. The monoisotopic (exact) mass is 529 g/mol. The Bertz CT molecular complexity index is 1240. The maximum atomic E-state index is 13.4. The van der Waals surface area contributed by atoms with Gasteiger partial charge in [-0.25, -0.2) is 14.8 Å². The van der Waals surface area contributed by atoms with E-state index in [2.05, 4.69) is 30.8 Å². The number of alkyl carbamates (subject to hydrolysis) is 1. The average Bonchev–Trinajstić information content (AvgIpc) is 3.25. The molecule has 1 saturated carbocycles. The van der Waals surface area contributed by atoms with Gasteiger partial charge in [-0.1, -0.05) is 0 Å². The highest BCUT2D eigenvalue weighted by Crippen LogP contribution is 2.35. The van der Waals surface area contributed by atoms with Gasteiger partial charge in [0.15, 0.2) is 11.5 Å². The molecule has 0 spiro atoms. The number of anilines is 2. The zero-order valence-corrected chi connectivity index (χ0v) is 20.4. The molecule has 2 fully saturated rings. The summed E-state index contributed by atoms with van der Waals surface area (Å²) in [5.74, 6) is 0.129. The van der Waals surface area contributed by atoms with Gasteiger partial charge in [-0.15, -0.1) is 0 Å². The van der Waals surface area contributed by atoms with Crippen LogP contribution in [0.5, 0.6) is 0 Å². The molecular weight excluding hydrogens is 502 g/mol. The summed E-state index contributed by atoms with van der Waals surface area (Å²) >= 11 is 0. The lowest BCUT2D eigenvalue weighted by Gasteiger charge is -2.15. The van der Waals surface area contributed by atoms with Crippen molar-refractivity contribution in [2.24, 2.45) is 0 Å². The summed E-state index contributed by atoms with van der Waals surface area (Å²) in [6.45, 7) is 2.31. The van der Waals surface area contributed by atoms with Crippen LogP contribution in [0.1, 0.15) is 49.4 Å². The van der Waals surface area contributed by atoms with Crippen LogP contribution < -0.4 is 10.6 Å². The van der Waals surface area contributed by atoms with E-state index in [9.17, 15) is 22.4 Å². The van der Waals surface area contributed by atoms with Crippen molar-refractivity contribution in [3.05, 3.63) is 35.4 Å². The van der Waals surface area contributed by atoms with Crippen LogP contribution in [0.4, 0.5) is 34.1 Å². The molecule has 2 unspecified atom stereocenters. The molecule has 5 rings (SSSR count). The van der Waals surface area contributed by atoms with E-state index >= 15 is 0 Å². The highest BCUT2D eigenvalue weighted by atomic mass is 19.4. The largest absolute Gasteiger partial charge is 0.444 e. The second kappa shape index (κ2) is 10.5. The molecule has 202 valence electrons. The van der Waals surface area contributed by atoms with Crippen LogP contribution in [0.15, 0.2) is 18.3 Å². The van der Waals surface area contributed by atoms with Gasteiger partial charge in [0.25, 0.3) is 0 Å². The van der Waals surface area contributed by atoms with Crippen molar-refractivity contribution < 1.29 is 36.6 Å². The fraction of sp³-hybridized carbons (Fsp3) is 0.545. The van der Waals surface area contributed by atoms with Gasteiger partial charge < -0.3 is 24.8 Å². The maximum absolute atomic E-state index is 13.4. The van der Waals surface area contributed by atoms with Gasteiger partial charge in [0.1, 0.15) is 17.9 Å². The van der Waals surface area contributed by atoms with Gasteiger partial charge in [-0.2, -0.15) is 18.3 Å². The average molecular weight is 529 g/mol. The number of methoxy groups -OCH3 is 1. The number of alkyl halides is 4. The van der Waals surface area contributed by atoms with Crippen LogP contribution in [-0.2, 0) is 27.0 Å². The Labute approximate surface area is 208 Å². The summed E-state index contributed by atoms with van der Waals surface area (Å²) in [5, 5.41) is 12.6. The number of halogens is 4. The number of rotatable bonds is 7. The number of imidazole rings is 1. The van der Waals surface area contributed by atoms with Crippen molar-refractivity contribution in [3.8, 4) is 0 Å². The van der Waals surface area contributed by atoms with E-state index < -0.39 is 30.2 Å². The highest BCUT2D eigenvalue weighted by Gasteiger charge is 2.40. The maximum Gasteiger partial charge on any atom is 0.433 e. The summed E-state index contributed by atoms with van der Waals surface area (Å²) in [6, 6.07) is 2.48. The molecule has 1 saturated heterocycles. The van der Waals surface area contributed by atoms with Gasteiger partial charge in [0, 0.05) is 37.4 Å². The Morgan fingerprint density at radius 2 is 2.05 bits per heavy atom. The van der Waals surface area contributed by atoms with Crippen molar-refractivity contribution in [2.45, 2.75) is 56.7 Å². The summed E-state index contributed by atoms with van der Waals surface area (Å²) in [5.41, 5.74) is -0.167. The molecule has 2 atom stereocenters. The number of ether oxygens (including phenoxy) is 3. The number of nitrogens with zero attached hydrogens (tertiary/aromatic N) is 4. The van der Waals surface area contributed by atoms with E-state index in [-0.39, 0.29) is 36.2 Å². The number of aromatic nitrogens is 5. The SMILES string of the molecule is CF.COCc1cn2c(Nc3cc(C4CC(OC(=O)NC5(C)CC5)CO4)[nH]n3)nc(C(F)(F)F)cc2n1. The molecule has 15 heteroatoms. The van der Waals surface area contributed by atoms with Crippen LogP contribution in [0.25, 0.3) is 5.65 Å². The second-order valence-electron chi connectivity index (χ2n) is 8.96. The van der Waals surface area contributed by atoms with E-state index in [0.29, 0.717) is 25.0 Å². The first-order valence-corrected chi connectivity index (χ1v) is 11.4. The van der Waals surface area contributed by atoms with Gasteiger partial charge in [0.05, 0.1) is 31.8 Å². The fourth-order valence-electron chi connectivity index (χ4n) is 3.81. The Balaban J connectivity index is 0.00000156. The molecule has 3 aromatic heterocycles. The van der Waals surface area contributed by atoms with Gasteiger partial charge in [-0.05, 0) is 19.8 Å². The van der Waals surface area contributed by atoms with E-state index in [4.69, 9.17) is 14.2 Å². The zero-order chi connectivity index (χ0) is 26.8. The summed E-state index contributed by atoms with van der Waals surface area (Å²) in [7, 11) is 1.97. The number of hydrogen-bond acceptors (Lipinski definition) is 8. The van der Waals surface area contributed by atoms with Crippen molar-refractivity contribution in [1.29, 1.82) is 0 Å². The highest BCUT2D eigenvalue weighted by molar-refractivity contribution is 5.69. The number of fused-ring (bicyclic) bond motifs is 1. The zero-order valence-electron chi connectivity index (χ0n) is 20.4. The molecule has 3 N–H and O–H groups in total. The molecule has 1 amide bonds. The van der Waals surface area contributed by atoms with Crippen molar-refractivity contribution in [1.82, 2.24) is 29.9 Å². The van der Waals surface area contributed by atoms with Crippen LogP contribution in [-0.4, -0.2) is 63.2 Å². The first-order chi connectivity index (χ1) is 17.6. The van der Waals surface area contributed by atoms with E-state index in [1.807, 2.05) is 6.92 Å². The third kappa shape index (κ3) is 6.28. The van der Waals surface area contributed by atoms with Crippen molar-refractivity contribution in [2.75, 3.05) is 26.2 Å². The van der Waals surface area contributed by atoms with Crippen LogP contribution >= 0.6 is 0 Å². The predicted molar refractivity (Wildman–Crippen MR) is 122 cm³/mol. The molecule has 1 aliphatic heterocycles. The standard InChI is InChI=1S/C21H24F3N7O4.CH3F/c1-20(3-4-20)28-19(32)35-12-5-14(34-10-12)13-6-16(30-29-13)27-18-26-15(21(22,23)24)7-17-25-11(9-33-2)8-31(17)18;1-2/h6-8,12,14H,3-5,9-10H2,1-2H3,(H,28,32)(H2,26,27,29,30);1H3. The third-order valence-corrected chi connectivity index (χ3v) is 5.91. The number of carbonyl (C=O) groups excluding carboxylic acids is 1. The van der Waals surface area contributed by atoms with Crippen molar-refractivity contribution in [3.63, 3.8) is 0 Å². The van der Waals surface area contributed by atoms with E-state index in [0.717, 1.165) is 18.9 Å². The lowest BCUT2D eigenvalue weighted by atomic mass is 10.1. The number of carbonyl (C=O) groups is 1. The molecule has 3 aromatic rings. The summed E-state index contributed by atoms with van der Waals surface area (Å²) < 4.78 is 67.3. The molecule has 11 nitrogen and oxygen atoms in total. The van der Waals surface area contributed by atoms with Gasteiger partial charge >= 0.3 is 12.3 Å². The fourth-order valence-corrected chi connectivity index (χ4v) is 3.81. The molecule has 1 aliphatic carbocycles. The Morgan fingerprint density at radius 3 is 2.73 bits per heavy atom. The predicted octanol–water partition coefficient (Wildman–Crippen LogP) is 4.06. The van der Waals surface area contributed by atoms with Crippen molar-refractivity contribution >= 4 is 23.5 Å². The number of nitrogens with one attached hydrogen (secondary N) is 3. The van der Waals surface area contributed by atoms with Crippen LogP contribution in [0.3, 0.4) is 0 Å². The minimum Gasteiger partial charge on any atom is -0.444 e. The van der Waals surface area contributed by atoms with Crippen LogP contribution in [0.2, 0.25) is 0 Å². The topological polar surface area (TPSA) is 128 Å². The molecule has 0 bridgehead atoms. The molecule has 4 heterocycles. The third-order valence-electron chi connectivity index (χ3n) is 5.91. The van der Waals surface area contributed by atoms with E-state index in [1.165, 1.54) is 17.7 Å². The molecule has 37 heavy (non-hydrogen) atoms. The minimum atomic E-state index is -4.65. The summed E-state index contributed by atoms with van der Waals surface area (Å²) in [4.78, 5) is 19.9. The quantitative estimate of drug-likeness (QED) is 0.391. The molecule has 0 aromatic carbocycles. The smallest absolute Gasteiger partial charge is 0.433 e. The number of amides is 1. The second-order valence-corrected chi connectivity index (χ2v) is 8.96. The van der Waals surface area contributed by atoms with E-state index in [1.54, 1.807) is 6.07 Å². The Hall–Kier alpha value is -3.46. The Morgan fingerprint density at radius 1 is 1.30 bits per heavy atom. The minimum absolute atomic E-state index is 0.0649. The normalized spacial score (nSPS) is 20.3. The lowest BCUT2D eigenvalue weighted by Crippen LogP contribution is -2.37. The lowest BCUT2D eigenvalue weighted by molar-refractivity contribution is -0.141. The molecular formula is C22H27F4N7O4. The Kier molecular flexibility index (Phi) is 7.54. The van der Waals surface area contributed by atoms with Gasteiger partial charge in [0.2, 0.25) is 5.95 Å². The first kappa shape index (κ1) is 26.6. The van der Waals surface area contributed by atoms with Crippen LogP contribution in [0, 0.1) is 0 Å². The number of H-pyrrole nitrogens is 1.